The van der Waals surface area contributed by atoms with Crippen LogP contribution in [-0.4, -0.2) is 35.6 Å². The standard InChI is InChI=1S/C9H11FN5O2/c10-16-3-6-1-2-15(17-6)5-14-7-8(11)12-4-13-9(7)15/h4-6H,1-3H2,(H2,11,12,13)/q+1. The summed E-state index contributed by atoms with van der Waals surface area (Å²) in [5.74, 6) is 0.911. The molecular weight excluding hydrogens is 229 g/mol. The van der Waals surface area contributed by atoms with Gasteiger partial charge in [0.1, 0.15) is 19.5 Å². The lowest BCUT2D eigenvalue weighted by atomic mass is 10.3. The number of hydrogen-bond donors (Lipinski definition) is 1. The molecule has 8 heteroatoms. The van der Waals surface area contributed by atoms with Gasteiger partial charge in [0.05, 0.1) is 0 Å². The second-order valence-corrected chi connectivity index (χ2v) is 3.99. The Labute approximate surface area is 96.1 Å². The van der Waals surface area contributed by atoms with Crippen LogP contribution in [0.5, 0.6) is 0 Å². The van der Waals surface area contributed by atoms with Gasteiger partial charge in [-0.05, 0) is 4.53 Å². The highest BCUT2D eigenvalue weighted by molar-refractivity contribution is 5.89. The number of rotatable bonds is 2. The third-order valence-electron chi connectivity index (χ3n) is 2.93. The fourth-order valence-electron chi connectivity index (χ4n) is 2.12. The Kier molecular flexibility index (Phi) is 2.28. The zero-order chi connectivity index (χ0) is 11.9. The molecule has 1 aromatic heterocycles. The zero-order valence-corrected chi connectivity index (χ0v) is 8.91. The molecule has 0 aromatic carbocycles. The van der Waals surface area contributed by atoms with Crippen molar-refractivity contribution >= 4 is 23.7 Å². The first kappa shape index (κ1) is 10.5. The molecule has 3 rings (SSSR count). The van der Waals surface area contributed by atoms with E-state index in [1.807, 2.05) is 0 Å². The summed E-state index contributed by atoms with van der Waals surface area (Å²) >= 11 is 0. The molecule has 0 aliphatic carbocycles. The number of aromatic nitrogens is 2. The quantitative estimate of drug-likeness (QED) is 0.767. The minimum Gasteiger partial charge on any atom is -0.382 e. The number of halogens is 1. The molecule has 0 amide bonds. The average molecular weight is 240 g/mol. The van der Waals surface area contributed by atoms with Gasteiger partial charge < -0.3 is 5.73 Å². The summed E-state index contributed by atoms with van der Waals surface area (Å²) in [7, 11) is 0. The van der Waals surface area contributed by atoms with E-state index in [1.54, 1.807) is 6.34 Å². The molecule has 3 heterocycles. The number of nitrogen functional groups attached to an aromatic ring is 1. The largest absolute Gasteiger partial charge is 0.382 e. The lowest BCUT2D eigenvalue weighted by Gasteiger charge is -2.20. The van der Waals surface area contributed by atoms with Crippen molar-refractivity contribution in [3.63, 3.8) is 0 Å². The molecule has 2 aliphatic heterocycles. The van der Waals surface area contributed by atoms with Crippen LogP contribution in [0.25, 0.3) is 0 Å². The molecule has 1 saturated heterocycles. The van der Waals surface area contributed by atoms with Crippen LogP contribution >= 0.6 is 0 Å². The van der Waals surface area contributed by atoms with Crippen LogP contribution in [0, 0.1) is 0 Å². The van der Waals surface area contributed by atoms with E-state index < -0.39 is 0 Å². The van der Waals surface area contributed by atoms with E-state index in [0.29, 0.717) is 30.3 Å². The number of anilines is 1. The van der Waals surface area contributed by atoms with Gasteiger partial charge in [-0.1, -0.05) is 4.65 Å². The molecule has 17 heavy (non-hydrogen) atoms. The lowest BCUT2D eigenvalue weighted by Crippen LogP contribution is -2.43. The highest BCUT2D eigenvalue weighted by Gasteiger charge is 2.49. The van der Waals surface area contributed by atoms with E-state index in [9.17, 15) is 4.53 Å². The molecule has 0 bridgehead atoms. The number of fused-ring (bicyclic) bond motifs is 2. The Morgan fingerprint density at radius 1 is 1.59 bits per heavy atom. The molecular formula is C9H11FN5O2+. The average Bonchev–Trinajstić information content (AvgIpc) is 2.88. The normalized spacial score (nSPS) is 30.1. The molecule has 2 unspecified atom stereocenters. The molecule has 0 saturated carbocycles. The maximum atomic E-state index is 11.8. The first-order chi connectivity index (χ1) is 8.25. The zero-order valence-electron chi connectivity index (χ0n) is 8.91. The number of nitrogens with two attached hydrogens (primary N) is 1. The van der Waals surface area contributed by atoms with E-state index in [2.05, 4.69) is 19.9 Å². The maximum absolute atomic E-state index is 11.8. The first-order valence-corrected chi connectivity index (χ1v) is 5.21. The highest BCUT2D eigenvalue weighted by atomic mass is 19.3. The van der Waals surface area contributed by atoms with E-state index in [-0.39, 0.29) is 17.4 Å². The van der Waals surface area contributed by atoms with Crippen molar-refractivity contribution in [2.45, 2.75) is 12.5 Å². The molecule has 2 N–H and O–H groups in total. The minimum absolute atomic E-state index is 0.0378. The van der Waals surface area contributed by atoms with Crippen molar-refractivity contribution in [2.75, 3.05) is 18.9 Å². The van der Waals surface area contributed by atoms with Gasteiger partial charge in [-0.2, -0.15) is 19.8 Å². The van der Waals surface area contributed by atoms with Gasteiger partial charge >= 0.3 is 0 Å². The van der Waals surface area contributed by atoms with Crippen LogP contribution in [0.2, 0.25) is 0 Å². The monoisotopic (exact) mass is 240 g/mol. The Bertz CT molecular complexity index is 482. The summed E-state index contributed by atoms with van der Waals surface area (Å²) in [5, 5.41) is 0. The summed E-state index contributed by atoms with van der Waals surface area (Å²) in [5.41, 5.74) is 6.22. The summed E-state index contributed by atoms with van der Waals surface area (Å²) < 4.78 is 11.9. The first-order valence-electron chi connectivity index (χ1n) is 5.21. The summed E-state index contributed by atoms with van der Waals surface area (Å²) in [4.78, 5) is 21.5. The van der Waals surface area contributed by atoms with Crippen LogP contribution in [0.4, 0.5) is 21.8 Å². The molecule has 2 atom stereocenters. The summed E-state index contributed by atoms with van der Waals surface area (Å²) in [6.07, 6.45) is 3.33. The van der Waals surface area contributed by atoms with E-state index >= 15 is 0 Å². The summed E-state index contributed by atoms with van der Waals surface area (Å²) in [6.45, 7) is 0.532. The molecule has 1 fully saturated rings. The number of quaternary nitrogens is 1. The highest BCUT2D eigenvalue weighted by Crippen LogP contribution is 2.42. The van der Waals surface area contributed by atoms with Gasteiger partial charge in [0.15, 0.2) is 17.6 Å². The Hall–Kier alpha value is -1.64. The number of aliphatic imine (C=N–C) groups is 1. The Balaban J connectivity index is 1.94. The van der Waals surface area contributed by atoms with Gasteiger partial charge in [-0.3, -0.25) is 0 Å². The van der Waals surface area contributed by atoms with Crippen molar-refractivity contribution in [3.8, 4) is 0 Å². The van der Waals surface area contributed by atoms with Crippen LogP contribution < -0.4 is 10.4 Å². The van der Waals surface area contributed by atoms with Crippen LogP contribution in [0.1, 0.15) is 6.42 Å². The smallest absolute Gasteiger partial charge is 0.298 e. The van der Waals surface area contributed by atoms with E-state index in [4.69, 9.17) is 10.6 Å². The molecule has 90 valence electrons. The van der Waals surface area contributed by atoms with Crippen molar-refractivity contribution in [3.05, 3.63) is 6.33 Å². The second-order valence-electron chi connectivity index (χ2n) is 3.99. The topological polar surface area (TPSA) is 82.6 Å². The van der Waals surface area contributed by atoms with E-state index in [1.165, 1.54) is 6.33 Å². The maximum Gasteiger partial charge on any atom is 0.298 e. The van der Waals surface area contributed by atoms with Gasteiger partial charge in [-0.15, -0.1) is 0 Å². The molecule has 7 nitrogen and oxygen atoms in total. The fourth-order valence-corrected chi connectivity index (χ4v) is 2.12. The third-order valence-corrected chi connectivity index (χ3v) is 2.93. The van der Waals surface area contributed by atoms with Crippen molar-refractivity contribution in [1.82, 2.24) is 14.6 Å². The molecule has 1 aromatic rings. The third kappa shape index (κ3) is 1.49. The van der Waals surface area contributed by atoms with Crippen molar-refractivity contribution in [1.29, 1.82) is 0 Å². The number of nitrogens with zero attached hydrogens (tertiary/aromatic N) is 4. The predicted octanol–water partition coefficient (Wildman–Crippen LogP) is 0.644. The van der Waals surface area contributed by atoms with Crippen LogP contribution in [-0.2, 0) is 9.78 Å². The van der Waals surface area contributed by atoms with Gasteiger partial charge in [-0.25, -0.2) is 4.98 Å². The minimum atomic E-state index is -0.311. The van der Waals surface area contributed by atoms with E-state index in [0.717, 1.165) is 0 Å². The van der Waals surface area contributed by atoms with Crippen molar-refractivity contribution < 1.29 is 14.3 Å². The SMILES string of the molecule is Nc1ncnc2c1N=C[N+]21CCC(COF)O1. The summed E-state index contributed by atoms with van der Waals surface area (Å²) in [6, 6.07) is 0. The van der Waals surface area contributed by atoms with Crippen LogP contribution in [0.3, 0.4) is 0 Å². The molecule has 1 spiro atoms. The molecule has 2 aliphatic rings. The number of hydroxylamine groups is 2. The number of hydrogen-bond acceptors (Lipinski definition) is 6. The fraction of sp³-hybridized carbons (Fsp3) is 0.444. The Morgan fingerprint density at radius 2 is 2.47 bits per heavy atom. The Morgan fingerprint density at radius 3 is 3.29 bits per heavy atom. The second kappa shape index (κ2) is 3.69. The van der Waals surface area contributed by atoms with Gasteiger partial charge in [0.25, 0.3) is 5.82 Å². The lowest BCUT2D eigenvalue weighted by molar-refractivity contribution is -0.183. The van der Waals surface area contributed by atoms with Crippen LogP contribution in [0.15, 0.2) is 11.3 Å². The van der Waals surface area contributed by atoms with Gasteiger partial charge in [0.2, 0.25) is 6.34 Å². The molecule has 0 radical (unpaired) electrons. The predicted molar refractivity (Wildman–Crippen MR) is 57.8 cm³/mol. The van der Waals surface area contributed by atoms with Gasteiger partial charge in [0, 0.05) is 6.42 Å². The van der Waals surface area contributed by atoms with Crippen molar-refractivity contribution in [2.24, 2.45) is 4.99 Å².